The fourth-order valence-corrected chi connectivity index (χ4v) is 12.1. The van der Waals surface area contributed by atoms with Gasteiger partial charge in [0, 0.05) is 90.9 Å². The molecule has 10 atom stereocenters. The summed E-state index contributed by atoms with van der Waals surface area (Å²) in [6.07, 6.45) is 6.28. The molecule has 5 rings (SSSR count). The van der Waals surface area contributed by atoms with Gasteiger partial charge >= 0.3 is 0 Å². The summed E-state index contributed by atoms with van der Waals surface area (Å²) >= 11 is 0. The molecule has 1 aromatic rings. The van der Waals surface area contributed by atoms with Crippen molar-refractivity contribution in [3.05, 3.63) is 48.0 Å². The highest BCUT2D eigenvalue weighted by atomic mass is 16.7. The summed E-state index contributed by atoms with van der Waals surface area (Å²) in [7, 11) is 8.38. The maximum atomic E-state index is 14.7. The Balaban J connectivity index is 1.16. The number of hydroxylamine groups is 2. The topological polar surface area (TPSA) is 237 Å². The molecule has 21 heteroatoms. The number of nitrogens with one attached hydrogen (secondary N) is 3. The molecule has 9 amide bonds. The number of carbonyl (C=O) groups excluding carboxylic acids is 9. The molecule has 2 saturated heterocycles. The van der Waals surface area contributed by atoms with Gasteiger partial charge in [0.05, 0.1) is 49.3 Å². The molecule has 1 aromatic carbocycles. The van der Waals surface area contributed by atoms with E-state index in [-0.39, 0.29) is 104 Å². The summed E-state index contributed by atoms with van der Waals surface area (Å²) in [6.45, 7) is 15.9. The van der Waals surface area contributed by atoms with E-state index in [9.17, 15) is 43.2 Å². The van der Waals surface area contributed by atoms with Crippen molar-refractivity contribution in [2.24, 2.45) is 23.7 Å². The van der Waals surface area contributed by atoms with Gasteiger partial charge < -0.3 is 29.9 Å². The minimum absolute atomic E-state index is 0.0109. The maximum absolute atomic E-state index is 14.7. The van der Waals surface area contributed by atoms with Gasteiger partial charge in [-0.05, 0) is 88.9 Å². The second-order valence-corrected chi connectivity index (χ2v) is 23.1. The number of benzene rings is 1. The maximum Gasteiger partial charge on any atom is 0.272 e. The van der Waals surface area contributed by atoms with E-state index in [0.717, 1.165) is 23.3 Å². The van der Waals surface area contributed by atoms with Crippen molar-refractivity contribution in [1.82, 2.24) is 45.5 Å². The van der Waals surface area contributed by atoms with E-state index in [1.165, 1.54) is 22.1 Å². The van der Waals surface area contributed by atoms with Crippen molar-refractivity contribution in [3.8, 4) is 0 Å². The highest BCUT2D eigenvalue weighted by Crippen LogP contribution is 2.53. The lowest BCUT2D eigenvalue weighted by atomic mass is 9.87. The van der Waals surface area contributed by atoms with Gasteiger partial charge in [0.25, 0.3) is 17.7 Å². The molecule has 446 valence electrons. The fourth-order valence-electron chi connectivity index (χ4n) is 12.1. The lowest BCUT2D eigenvalue weighted by molar-refractivity contribution is -0.200. The monoisotopic (exact) mass is 1120 g/mol. The summed E-state index contributed by atoms with van der Waals surface area (Å²) in [6, 6.07) is 7.36. The van der Waals surface area contributed by atoms with Crippen molar-refractivity contribution in [2.75, 3.05) is 81.2 Å². The Kier molecular flexibility index (Phi) is 24.8. The van der Waals surface area contributed by atoms with Crippen LogP contribution in [-0.4, -0.2) is 206 Å². The third-order valence-electron chi connectivity index (χ3n) is 16.8. The number of imide groups is 2. The van der Waals surface area contributed by atoms with Gasteiger partial charge in [0.1, 0.15) is 5.54 Å². The number of ether oxygens (including phenoxy) is 2. The zero-order valence-corrected chi connectivity index (χ0v) is 49.7. The third-order valence-corrected chi connectivity index (χ3v) is 16.8. The van der Waals surface area contributed by atoms with Gasteiger partial charge in [-0.3, -0.25) is 68.0 Å². The molecule has 3 fully saturated rings. The molecule has 21 nitrogen and oxygen atoms in total. The largest absolute Gasteiger partial charge is 0.379 e. The van der Waals surface area contributed by atoms with Gasteiger partial charge in [0.2, 0.25) is 35.4 Å². The van der Waals surface area contributed by atoms with Crippen molar-refractivity contribution >= 4 is 53.2 Å². The minimum Gasteiger partial charge on any atom is -0.379 e. The quantitative estimate of drug-likeness (QED) is 0.0901. The van der Waals surface area contributed by atoms with Gasteiger partial charge in [-0.1, -0.05) is 85.2 Å². The van der Waals surface area contributed by atoms with Crippen molar-refractivity contribution in [3.63, 3.8) is 0 Å². The van der Waals surface area contributed by atoms with Crippen LogP contribution in [0.1, 0.15) is 131 Å². The zero-order chi connectivity index (χ0) is 59.0. The molecule has 1 saturated carbocycles. The molecule has 0 aromatic heterocycles. The normalized spacial score (nSPS) is 21.8. The predicted molar refractivity (Wildman–Crippen MR) is 301 cm³/mol. The Bertz CT molecular complexity index is 2310. The van der Waals surface area contributed by atoms with Crippen LogP contribution in [0, 0.1) is 23.7 Å². The Morgan fingerprint density at radius 2 is 1.46 bits per heavy atom. The number of methoxy groups -OCH3 is 2. The van der Waals surface area contributed by atoms with Crippen LogP contribution in [0.5, 0.6) is 0 Å². The Morgan fingerprint density at radius 3 is 2.06 bits per heavy atom. The van der Waals surface area contributed by atoms with Gasteiger partial charge in [0.15, 0.2) is 0 Å². The number of hydrogen-bond acceptors (Lipinski definition) is 14. The van der Waals surface area contributed by atoms with Crippen LogP contribution in [0.15, 0.2) is 42.5 Å². The van der Waals surface area contributed by atoms with Crippen LogP contribution < -0.4 is 16.0 Å². The van der Waals surface area contributed by atoms with E-state index in [1.54, 1.807) is 40.1 Å². The molecule has 80 heavy (non-hydrogen) atoms. The fraction of sp³-hybridized carbons (Fsp3) is 0.712. The highest BCUT2D eigenvalue weighted by Gasteiger charge is 2.64. The number of likely N-dealkylation sites (N-methyl/N-ethyl adjacent to an activating group) is 3. The number of hydrogen-bond donors (Lipinski definition) is 3. The first-order chi connectivity index (χ1) is 38.0. The lowest BCUT2D eigenvalue weighted by Gasteiger charge is -2.43. The number of likely N-dealkylation sites (tertiary alicyclic amines) is 1. The van der Waals surface area contributed by atoms with Crippen LogP contribution in [0.3, 0.4) is 0 Å². The average molecular weight is 1120 g/mol. The molecule has 3 heterocycles. The van der Waals surface area contributed by atoms with E-state index in [1.807, 2.05) is 81.8 Å². The van der Waals surface area contributed by atoms with Crippen molar-refractivity contribution < 1.29 is 57.5 Å². The first kappa shape index (κ1) is 65.2. The molecule has 3 aliphatic heterocycles. The summed E-state index contributed by atoms with van der Waals surface area (Å²) in [5.41, 5.74) is -0.211. The molecule has 0 unspecified atom stereocenters. The summed E-state index contributed by atoms with van der Waals surface area (Å²) in [4.78, 5) is 135. The molecule has 3 N–H and O–H groups in total. The lowest BCUT2D eigenvalue weighted by Crippen LogP contribution is -2.60. The SMILES string of the molecule is CC[C@H](C)[C@@H]([C@@H](CC(=O)N1CCC[C@H]1[C@H](OC)[C@@H](C)C(=O)N[C@@]1(C(=O)N2CCCCO2)C[C@@H]1c1ccccc1)OC)N(C)[C@H](C(=O)NC(=O)[C@H](C(C)C)N(C)CCCC(=O)NCCN(C)C(=O)CCCN1C(=O)C=CC1=O)C(C)C. The Hall–Kier alpha value is -5.61. The van der Waals surface area contributed by atoms with Crippen LogP contribution in [0.25, 0.3) is 0 Å². The predicted octanol–water partition coefficient (Wildman–Crippen LogP) is 3.66. The molecule has 0 spiro atoms. The first-order valence-corrected chi connectivity index (χ1v) is 29.0. The van der Waals surface area contributed by atoms with Crippen LogP contribution in [0.2, 0.25) is 0 Å². The van der Waals surface area contributed by atoms with E-state index >= 15 is 0 Å². The smallest absolute Gasteiger partial charge is 0.272 e. The number of nitrogens with zero attached hydrogens (tertiary/aromatic N) is 6. The summed E-state index contributed by atoms with van der Waals surface area (Å²) < 4.78 is 12.3. The van der Waals surface area contributed by atoms with Crippen molar-refractivity contribution in [2.45, 2.75) is 167 Å². The van der Waals surface area contributed by atoms with E-state index in [4.69, 9.17) is 14.3 Å². The standard InChI is InChI=1S/C59H93N9O12/c1-13-40(6)53(45(78-11)36-50(73)66-31-19-24-44(66)54(79-12)41(7)55(74)62-59(58(77)68-33-17-18-35-80-68)37-43(59)42-22-15-14-16-23-42)65(10)52(39(4)5)57(76)61-56(75)51(38(2)3)64(9)30-20-25-46(69)60-29-34-63(8)47(70)26-21-32-67-48(71)27-28-49(67)72/h14-16,22-23,27-28,38-41,43-45,51-54H,13,17-21,24-26,29-37H2,1-12H3,(H,60,69)(H,62,74)(H,61,75,76)/t40-,41+,43+,44-,45+,51-,52-,53-,54+,59-/m0/s1. The van der Waals surface area contributed by atoms with Crippen LogP contribution in [-0.2, 0) is 57.5 Å². The van der Waals surface area contributed by atoms with Crippen molar-refractivity contribution in [1.29, 1.82) is 0 Å². The van der Waals surface area contributed by atoms with E-state index < -0.39 is 59.6 Å². The summed E-state index contributed by atoms with van der Waals surface area (Å²) in [5, 5.41) is 10.1. The molecular weight excluding hydrogens is 1030 g/mol. The first-order valence-electron chi connectivity index (χ1n) is 29.0. The second-order valence-electron chi connectivity index (χ2n) is 23.1. The van der Waals surface area contributed by atoms with E-state index in [0.29, 0.717) is 64.8 Å². The Labute approximate surface area is 474 Å². The minimum atomic E-state index is -1.17. The zero-order valence-electron chi connectivity index (χ0n) is 49.7. The van der Waals surface area contributed by atoms with E-state index in [2.05, 4.69) is 22.9 Å². The third kappa shape index (κ3) is 16.5. The number of amides is 9. The highest BCUT2D eigenvalue weighted by molar-refractivity contribution is 6.12. The molecule has 1 aliphatic carbocycles. The number of rotatable bonds is 31. The van der Waals surface area contributed by atoms with Crippen LogP contribution in [0.4, 0.5) is 0 Å². The molecule has 0 radical (unpaired) electrons. The van der Waals surface area contributed by atoms with Gasteiger partial charge in [-0.25, -0.2) is 5.06 Å². The molecule has 0 bridgehead atoms. The molecular formula is C59H93N9O12. The Morgan fingerprint density at radius 1 is 0.800 bits per heavy atom. The second kappa shape index (κ2) is 30.4. The van der Waals surface area contributed by atoms with Gasteiger partial charge in [-0.2, -0.15) is 0 Å². The van der Waals surface area contributed by atoms with Gasteiger partial charge in [-0.15, -0.1) is 0 Å². The molecule has 4 aliphatic rings. The number of carbonyl (C=O) groups is 9. The average Bonchev–Trinajstić information content (AvgIpc) is 4.01. The summed E-state index contributed by atoms with van der Waals surface area (Å²) in [5.74, 6) is -4.31. The van der Waals surface area contributed by atoms with Crippen LogP contribution >= 0.6 is 0 Å².